The zero-order chi connectivity index (χ0) is 38.6. The van der Waals surface area contributed by atoms with E-state index in [-0.39, 0.29) is 5.41 Å². The largest absolute Gasteiger partial charge is 0.320 e. The Hall–Kier alpha value is -5.35. The molecule has 1 aromatic heterocycles. The van der Waals surface area contributed by atoms with Crippen LogP contribution in [-0.2, 0) is 5.41 Å². The lowest BCUT2D eigenvalue weighted by Crippen LogP contribution is -2.20. The van der Waals surface area contributed by atoms with Crippen LogP contribution in [0, 0.1) is 6.92 Å². The minimum atomic E-state index is -0.142. The summed E-state index contributed by atoms with van der Waals surface area (Å²) in [4.78, 5) is 3.78. The first-order valence-electron chi connectivity index (χ1n) is 19.7. The van der Waals surface area contributed by atoms with Crippen LogP contribution in [0.5, 0.6) is 0 Å². The van der Waals surface area contributed by atoms with Crippen molar-refractivity contribution in [3.63, 3.8) is 0 Å². The zero-order valence-corrected chi connectivity index (χ0v) is 34.7. The van der Waals surface area contributed by atoms with Gasteiger partial charge in [0.1, 0.15) is 0 Å². The van der Waals surface area contributed by atoms with E-state index in [1.807, 2.05) is 11.3 Å². The van der Waals surface area contributed by atoms with Crippen LogP contribution in [0.15, 0.2) is 161 Å². The van der Waals surface area contributed by atoms with Gasteiger partial charge in [0.2, 0.25) is 0 Å². The Morgan fingerprint density at radius 3 is 2.38 bits per heavy atom. The van der Waals surface area contributed by atoms with Crippen molar-refractivity contribution >= 4 is 77.3 Å². The summed E-state index contributed by atoms with van der Waals surface area (Å²) in [5.74, 6) is 0. The number of hydrogen-bond donors (Lipinski definition) is 0. The van der Waals surface area contributed by atoms with Gasteiger partial charge in [-0.1, -0.05) is 135 Å². The highest BCUT2D eigenvalue weighted by atomic mass is 32.2. The van der Waals surface area contributed by atoms with E-state index in [1.165, 1.54) is 103 Å². The second kappa shape index (κ2) is 14.6. The third kappa shape index (κ3) is 6.28. The number of aryl methyl sites for hydroxylation is 1. The molecule has 5 aromatic carbocycles. The Morgan fingerprint density at radius 2 is 1.57 bits per heavy atom. The Morgan fingerprint density at radius 1 is 0.786 bits per heavy atom. The van der Waals surface area contributed by atoms with Crippen LogP contribution in [0.3, 0.4) is 0 Å². The number of allylic oxidation sites excluding steroid dienone is 11. The van der Waals surface area contributed by atoms with Gasteiger partial charge in [-0.3, -0.25) is 0 Å². The van der Waals surface area contributed by atoms with Crippen molar-refractivity contribution in [3.05, 3.63) is 195 Å². The van der Waals surface area contributed by atoms with E-state index in [4.69, 9.17) is 0 Å². The lowest BCUT2D eigenvalue weighted by Gasteiger charge is -2.30. The van der Waals surface area contributed by atoms with Gasteiger partial charge in [0.05, 0.1) is 0 Å². The molecule has 3 heteroatoms. The standard InChI is InChI=1S/C53H47NS2/c1-7-14-38(44-19-13-20-46-45-16-9-11-22-51(45)56-52(44)46)33-54(39-25-23-37(24-26-39)43-18-12-17-41-35(3)31-47(41)43)40-27-28-42-36(4)48(53(5,6)49(42)32-40)29-30-55-50-21-10-8-15-34(50)2/h7-23,25,27-33H,24,26H2,1-6H3/b14-7-,30-29-,38-33+. The van der Waals surface area contributed by atoms with E-state index in [0.29, 0.717) is 0 Å². The van der Waals surface area contributed by atoms with Crippen LogP contribution in [0.4, 0.5) is 5.69 Å². The normalized spacial score (nSPS) is 16.3. The topological polar surface area (TPSA) is 3.24 Å². The van der Waals surface area contributed by atoms with Gasteiger partial charge in [-0.2, -0.15) is 0 Å². The maximum absolute atomic E-state index is 2.48. The molecule has 0 unspecified atom stereocenters. The number of hydrogen-bond acceptors (Lipinski definition) is 3. The summed E-state index contributed by atoms with van der Waals surface area (Å²) < 4.78 is 2.66. The number of rotatable bonds is 9. The molecule has 0 N–H and O–H groups in total. The van der Waals surface area contributed by atoms with E-state index >= 15 is 0 Å². The highest BCUT2D eigenvalue weighted by molar-refractivity contribution is 8.02. The first-order valence-corrected chi connectivity index (χ1v) is 21.4. The predicted molar refractivity (Wildman–Crippen MR) is 248 cm³/mol. The van der Waals surface area contributed by atoms with Gasteiger partial charge in [-0.05, 0) is 138 Å². The van der Waals surface area contributed by atoms with Gasteiger partial charge < -0.3 is 4.90 Å². The number of thioether (sulfide) groups is 1. The molecule has 0 saturated carbocycles. The third-order valence-electron chi connectivity index (χ3n) is 12.0. The van der Waals surface area contributed by atoms with Crippen LogP contribution in [0.1, 0.15) is 86.4 Å². The molecule has 0 bridgehead atoms. The third-order valence-corrected chi connectivity index (χ3v) is 14.2. The van der Waals surface area contributed by atoms with Crippen LogP contribution in [0.25, 0.3) is 48.5 Å². The Kier molecular flexibility index (Phi) is 9.48. The fraction of sp³-hybridized carbons (Fsp3) is 0.170. The molecular formula is C53H47NS2. The highest BCUT2D eigenvalue weighted by Crippen LogP contribution is 2.49. The average molecular weight is 762 g/mol. The molecule has 1 heterocycles. The number of benzene rings is 5. The molecule has 3 aliphatic carbocycles. The molecule has 1 nitrogen and oxygen atoms in total. The van der Waals surface area contributed by atoms with E-state index in [9.17, 15) is 0 Å². The first-order chi connectivity index (χ1) is 27.2. The SMILES string of the molecule is C/C=C\C(=C/N(C1=CC=C(c2cccc3c2C=C3C)CC1)c1ccc2c(c1)C(C)(C)C(/C=C\Sc1ccccc1C)=C2C)c1cccc2c1sc1ccccc12. The quantitative estimate of drug-likeness (QED) is 0.107. The van der Waals surface area contributed by atoms with Gasteiger partial charge in [0.25, 0.3) is 0 Å². The van der Waals surface area contributed by atoms with E-state index in [1.54, 1.807) is 11.8 Å². The predicted octanol–water partition coefficient (Wildman–Crippen LogP) is 15.8. The summed E-state index contributed by atoms with van der Waals surface area (Å²) in [6.45, 7) is 13.6. The summed E-state index contributed by atoms with van der Waals surface area (Å²) in [6, 6.07) is 38.1. The van der Waals surface area contributed by atoms with Gasteiger partial charge in [-0.25, -0.2) is 0 Å². The minimum absolute atomic E-state index is 0.142. The van der Waals surface area contributed by atoms with Crippen molar-refractivity contribution < 1.29 is 0 Å². The molecule has 0 aliphatic heterocycles. The van der Waals surface area contributed by atoms with E-state index in [0.717, 1.165) is 12.8 Å². The van der Waals surface area contributed by atoms with Crippen molar-refractivity contribution in [3.8, 4) is 0 Å². The lowest BCUT2D eigenvalue weighted by molar-refractivity contribution is 0.654. The molecular weight excluding hydrogens is 715 g/mol. The fourth-order valence-electron chi connectivity index (χ4n) is 8.91. The molecule has 276 valence electrons. The van der Waals surface area contributed by atoms with Crippen LogP contribution in [-0.4, -0.2) is 0 Å². The minimum Gasteiger partial charge on any atom is -0.320 e. The van der Waals surface area contributed by atoms with Gasteiger partial charge in [0.15, 0.2) is 0 Å². The molecule has 56 heavy (non-hydrogen) atoms. The number of thiophene rings is 1. The van der Waals surface area contributed by atoms with Crippen molar-refractivity contribution in [2.24, 2.45) is 0 Å². The second-order valence-corrected chi connectivity index (χ2v) is 17.8. The van der Waals surface area contributed by atoms with Gasteiger partial charge >= 0.3 is 0 Å². The van der Waals surface area contributed by atoms with Crippen molar-refractivity contribution in [2.75, 3.05) is 4.90 Å². The molecule has 9 rings (SSSR count). The Balaban J connectivity index is 1.14. The van der Waals surface area contributed by atoms with Crippen LogP contribution >= 0.6 is 23.1 Å². The molecule has 0 atom stereocenters. The van der Waals surface area contributed by atoms with E-state index in [2.05, 4.69) is 198 Å². The maximum atomic E-state index is 2.48. The monoisotopic (exact) mass is 761 g/mol. The lowest BCUT2D eigenvalue weighted by atomic mass is 9.81. The summed E-state index contributed by atoms with van der Waals surface area (Å²) in [5.41, 5.74) is 18.5. The number of nitrogens with zero attached hydrogens (tertiary/aromatic N) is 1. The zero-order valence-electron chi connectivity index (χ0n) is 33.1. The first kappa shape index (κ1) is 36.3. The summed E-state index contributed by atoms with van der Waals surface area (Å²) in [5, 5.41) is 4.92. The van der Waals surface area contributed by atoms with Crippen molar-refractivity contribution in [1.29, 1.82) is 0 Å². The molecule has 0 spiro atoms. The molecule has 6 aromatic rings. The molecule has 0 fully saturated rings. The maximum Gasteiger partial charge on any atom is 0.0455 e. The van der Waals surface area contributed by atoms with Gasteiger partial charge in [0, 0.05) is 53.6 Å². The fourth-order valence-corrected chi connectivity index (χ4v) is 10.9. The Bertz CT molecular complexity index is 2790. The smallest absolute Gasteiger partial charge is 0.0455 e. The molecule has 3 aliphatic rings. The average Bonchev–Trinajstić information content (AvgIpc) is 3.68. The molecule has 0 radical (unpaired) electrons. The molecule has 0 amide bonds. The Labute approximate surface area is 340 Å². The van der Waals surface area contributed by atoms with Crippen molar-refractivity contribution in [2.45, 2.75) is 64.7 Å². The summed E-state index contributed by atoms with van der Waals surface area (Å²) in [6.07, 6.45) is 18.2. The van der Waals surface area contributed by atoms with E-state index < -0.39 is 0 Å². The van der Waals surface area contributed by atoms with Crippen LogP contribution in [0.2, 0.25) is 0 Å². The van der Waals surface area contributed by atoms with Gasteiger partial charge in [-0.15, -0.1) is 11.3 Å². The number of fused-ring (bicyclic) bond motifs is 5. The highest BCUT2D eigenvalue weighted by Gasteiger charge is 2.35. The number of anilines is 1. The second-order valence-electron chi connectivity index (χ2n) is 15.8. The molecule has 0 saturated heterocycles. The van der Waals surface area contributed by atoms with Crippen molar-refractivity contribution in [1.82, 2.24) is 0 Å². The summed E-state index contributed by atoms with van der Waals surface area (Å²) in [7, 11) is 0. The van der Waals surface area contributed by atoms with Crippen LogP contribution < -0.4 is 4.90 Å². The summed E-state index contributed by atoms with van der Waals surface area (Å²) >= 11 is 3.70.